The molecular weight excluding hydrogens is 274 g/mol. The largest absolute Gasteiger partial charge is 0.396 e. The van der Waals surface area contributed by atoms with E-state index in [2.05, 4.69) is 10.3 Å². The molecule has 2 heterocycles. The van der Waals surface area contributed by atoms with Gasteiger partial charge in [-0.1, -0.05) is 6.42 Å². The van der Waals surface area contributed by atoms with Crippen molar-refractivity contribution in [3.8, 4) is 0 Å². The van der Waals surface area contributed by atoms with Crippen LogP contribution in [0.4, 0.5) is 5.69 Å². The number of aromatic nitrogens is 1. The number of aliphatic hydroxyl groups excluding tert-OH is 1. The average molecular weight is 291 g/mol. The highest BCUT2D eigenvalue weighted by atomic mass is 32.1. The van der Waals surface area contributed by atoms with E-state index >= 15 is 0 Å². The van der Waals surface area contributed by atoms with Crippen LogP contribution in [-0.4, -0.2) is 28.6 Å². The first-order valence-electron chi connectivity index (χ1n) is 6.75. The van der Waals surface area contributed by atoms with Gasteiger partial charge in [-0.25, -0.2) is 0 Å². The number of anilines is 1. The van der Waals surface area contributed by atoms with Crippen LogP contribution in [0.3, 0.4) is 0 Å². The molecule has 2 aromatic heterocycles. The lowest BCUT2D eigenvalue weighted by Crippen LogP contribution is -2.38. The molecule has 0 aliphatic heterocycles. The van der Waals surface area contributed by atoms with Crippen molar-refractivity contribution in [2.24, 2.45) is 5.92 Å². The van der Waals surface area contributed by atoms with E-state index in [-0.39, 0.29) is 24.5 Å². The number of nitrogen functional groups attached to an aromatic ring is 1. The second-order valence-electron chi connectivity index (χ2n) is 5.15. The van der Waals surface area contributed by atoms with Crippen molar-refractivity contribution in [3.63, 3.8) is 0 Å². The van der Waals surface area contributed by atoms with Gasteiger partial charge < -0.3 is 16.2 Å². The zero-order chi connectivity index (χ0) is 14.1. The molecular formula is C14H17N3O2S. The van der Waals surface area contributed by atoms with Crippen molar-refractivity contribution in [1.29, 1.82) is 0 Å². The fraction of sp³-hybridized carbons (Fsp3) is 0.429. The van der Waals surface area contributed by atoms with Crippen LogP contribution in [0.2, 0.25) is 0 Å². The lowest BCUT2D eigenvalue weighted by Gasteiger charge is -2.18. The summed E-state index contributed by atoms with van der Waals surface area (Å²) < 4.78 is 0.917. The van der Waals surface area contributed by atoms with Crippen LogP contribution in [-0.2, 0) is 0 Å². The van der Waals surface area contributed by atoms with Crippen molar-refractivity contribution in [1.82, 2.24) is 10.3 Å². The third-order valence-corrected chi connectivity index (χ3v) is 5.06. The smallest absolute Gasteiger partial charge is 0.263 e. The molecule has 20 heavy (non-hydrogen) atoms. The van der Waals surface area contributed by atoms with Crippen LogP contribution in [0.5, 0.6) is 0 Å². The van der Waals surface area contributed by atoms with Crippen molar-refractivity contribution >= 4 is 33.1 Å². The summed E-state index contributed by atoms with van der Waals surface area (Å²) in [5, 5.41) is 12.3. The molecule has 2 aromatic rings. The molecule has 0 aromatic carbocycles. The van der Waals surface area contributed by atoms with Gasteiger partial charge in [0.1, 0.15) is 10.4 Å². The molecule has 5 nitrogen and oxygen atoms in total. The number of pyridine rings is 1. The molecule has 106 valence electrons. The van der Waals surface area contributed by atoms with E-state index in [1.807, 2.05) is 12.1 Å². The number of nitrogens with zero attached hydrogens (tertiary/aromatic N) is 1. The summed E-state index contributed by atoms with van der Waals surface area (Å²) in [5.74, 6) is 0.00327. The topological polar surface area (TPSA) is 88.2 Å². The standard InChI is InChI=1S/C14H17N3O2S/c15-11-12-10(5-2-6-16-12)20-13(11)14(19)17-9-4-1-3-8(9)7-18/h2,5-6,8-9,18H,1,3-4,7,15H2,(H,17,19). The van der Waals surface area contributed by atoms with Crippen molar-refractivity contribution < 1.29 is 9.90 Å². The number of aliphatic hydroxyl groups is 1. The van der Waals surface area contributed by atoms with Crippen molar-refractivity contribution in [2.45, 2.75) is 25.3 Å². The van der Waals surface area contributed by atoms with Gasteiger partial charge in [0, 0.05) is 24.8 Å². The lowest BCUT2D eigenvalue weighted by atomic mass is 10.1. The first-order valence-corrected chi connectivity index (χ1v) is 7.57. The van der Waals surface area contributed by atoms with Gasteiger partial charge in [-0.2, -0.15) is 0 Å². The highest BCUT2D eigenvalue weighted by Gasteiger charge is 2.29. The van der Waals surface area contributed by atoms with Gasteiger partial charge in [0.15, 0.2) is 0 Å². The molecule has 0 bridgehead atoms. The summed E-state index contributed by atoms with van der Waals surface area (Å²) in [4.78, 5) is 17.1. The Labute approximate surface area is 120 Å². The Morgan fingerprint density at radius 3 is 3.15 bits per heavy atom. The number of thiophene rings is 1. The molecule has 2 atom stereocenters. The van der Waals surface area contributed by atoms with E-state index in [1.165, 1.54) is 11.3 Å². The van der Waals surface area contributed by atoms with Crippen LogP contribution < -0.4 is 11.1 Å². The van der Waals surface area contributed by atoms with E-state index in [1.54, 1.807) is 6.20 Å². The average Bonchev–Trinajstić information content (AvgIpc) is 3.04. The number of nitrogens with one attached hydrogen (secondary N) is 1. The van der Waals surface area contributed by atoms with Crippen LogP contribution in [0, 0.1) is 5.92 Å². The Bertz CT molecular complexity index is 640. The molecule has 1 aliphatic rings. The normalized spacial score (nSPS) is 22.2. The second-order valence-corrected chi connectivity index (χ2v) is 6.20. The molecule has 0 saturated heterocycles. The Hall–Kier alpha value is -1.66. The number of rotatable bonds is 3. The van der Waals surface area contributed by atoms with Crippen LogP contribution >= 0.6 is 11.3 Å². The van der Waals surface area contributed by atoms with Gasteiger partial charge in [-0.3, -0.25) is 9.78 Å². The summed E-state index contributed by atoms with van der Waals surface area (Å²) >= 11 is 1.36. The first kappa shape index (κ1) is 13.3. The minimum absolute atomic E-state index is 0.0464. The summed E-state index contributed by atoms with van der Waals surface area (Å²) in [6.45, 7) is 0.119. The monoisotopic (exact) mass is 291 g/mol. The van der Waals surface area contributed by atoms with Gasteiger partial charge >= 0.3 is 0 Å². The van der Waals surface area contributed by atoms with Crippen LogP contribution in [0.15, 0.2) is 18.3 Å². The van der Waals surface area contributed by atoms with Gasteiger partial charge in [0.05, 0.1) is 10.4 Å². The molecule has 1 fully saturated rings. The number of nitrogens with two attached hydrogens (primary N) is 1. The van der Waals surface area contributed by atoms with E-state index in [0.29, 0.717) is 16.1 Å². The highest BCUT2D eigenvalue weighted by molar-refractivity contribution is 7.21. The highest BCUT2D eigenvalue weighted by Crippen LogP contribution is 2.32. The molecule has 4 N–H and O–H groups in total. The summed E-state index contributed by atoms with van der Waals surface area (Å²) in [6, 6.07) is 3.79. The van der Waals surface area contributed by atoms with Gasteiger partial charge in [0.2, 0.25) is 0 Å². The molecule has 1 saturated carbocycles. The van der Waals surface area contributed by atoms with E-state index in [9.17, 15) is 9.90 Å². The van der Waals surface area contributed by atoms with Crippen molar-refractivity contribution in [3.05, 3.63) is 23.2 Å². The fourth-order valence-electron chi connectivity index (χ4n) is 2.80. The van der Waals surface area contributed by atoms with Crippen molar-refractivity contribution in [2.75, 3.05) is 12.3 Å². The Morgan fingerprint density at radius 1 is 1.55 bits per heavy atom. The van der Waals surface area contributed by atoms with Gasteiger partial charge in [0.25, 0.3) is 5.91 Å². The Kier molecular flexibility index (Phi) is 3.58. The van der Waals surface area contributed by atoms with Crippen LogP contribution in [0.1, 0.15) is 28.9 Å². The summed E-state index contributed by atoms with van der Waals surface area (Å²) in [7, 11) is 0. The molecule has 1 aliphatic carbocycles. The van der Waals surface area contributed by atoms with Crippen LogP contribution in [0.25, 0.3) is 10.2 Å². The summed E-state index contributed by atoms with van der Waals surface area (Å²) in [5.41, 5.74) is 7.15. The maximum Gasteiger partial charge on any atom is 0.263 e. The molecule has 0 radical (unpaired) electrons. The zero-order valence-electron chi connectivity index (χ0n) is 11.0. The second kappa shape index (κ2) is 5.38. The number of carbonyl (C=O) groups excluding carboxylic acids is 1. The van der Waals surface area contributed by atoms with Gasteiger partial charge in [-0.15, -0.1) is 11.3 Å². The van der Waals surface area contributed by atoms with E-state index < -0.39 is 0 Å². The predicted molar refractivity (Wildman–Crippen MR) is 79.7 cm³/mol. The number of fused-ring (bicyclic) bond motifs is 1. The molecule has 6 heteroatoms. The molecule has 3 rings (SSSR count). The van der Waals surface area contributed by atoms with E-state index in [0.717, 1.165) is 24.0 Å². The lowest BCUT2D eigenvalue weighted by molar-refractivity contribution is 0.0921. The minimum atomic E-state index is -0.157. The number of hydrogen-bond donors (Lipinski definition) is 3. The third-order valence-electron chi connectivity index (χ3n) is 3.90. The first-order chi connectivity index (χ1) is 9.70. The SMILES string of the molecule is Nc1c(C(=O)NC2CCCC2CO)sc2cccnc12. The quantitative estimate of drug-likeness (QED) is 0.804. The predicted octanol–water partition coefficient (Wildman–Crippen LogP) is 1.77. The third kappa shape index (κ3) is 2.25. The number of carbonyl (C=O) groups is 1. The van der Waals surface area contributed by atoms with E-state index in [4.69, 9.17) is 5.73 Å². The number of hydrogen-bond acceptors (Lipinski definition) is 5. The molecule has 0 spiro atoms. The maximum atomic E-state index is 12.4. The summed E-state index contributed by atoms with van der Waals surface area (Å²) in [6.07, 6.45) is 4.59. The maximum absolute atomic E-state index is 12.4. The Balaban J connectivity index is 1.84. The molecule has 2 unspecified atom stereocenters. The molecule has 1 amide bonds. The van der Waals surface area contributed by atoms with Gasteiger partial charge in [-0.05, 0) is 25.0 Å². The Morgan fingerprint density at radius 2 is 2.40 bits per heavy atom. The zero-order valence-corrected chi connectivity index (χ0v) is 11.8. The minimum Gasteiger partial charge on any atom is -0.396 e. The number of amides is 1. The fourth-order valence-corrected chi connectivity index (χ4v) is 3.78.